The van der Waals surface area contributed by atoms with E-state index in [0.29, 0.717) is 66.7 Å². The first-order valence-corrected chi connectivity index (χ1v) is 21.8. The molecule has 0 unspecified atom stereocenters. The number of aryl methyl sites for hydroxylation is 2. The lowest BCUT2D eigenvalue weighted by Crippen LogP contribution is -2.45. The number of nitrogens with one attached hydrogen (secondary N) is 3. The third-order valence-electron chi connectivity index (χ3n) is 11.7. The van der Waals surface area contributed by atoms with E-state index in [1.807, 2.05) is 72.8 Å². The van der Waals surface area contributed by atoms with Crippen molar-refractivity contribution in [2.75, 3.05) is 39.5 Å². The van der Waals surface area contributed by atoms with E-state index < -0.39 is 5.97 Å². The molecule has 0 atom stereocenters. The van der Waals surface area contributed by atoms with Crippen molar-refractivity contribution in [3.8, 4) is 45.6 Å². The van der Waals surface area contributed by atoms with Gasteiger partial charge in [-0.1, -0.05) is 95.2 Å². The number of aromatic carboxylic acids is 1. The predicted octanol–water partition coefficient (Wildman–Crippen LogP) is 6.53. The van der Waals surface area contributed by atoms with E-state index in [4.69, 9.17) is 34.3 Å². The number of carboxylic acids is 1. The first-order valence-electron chi connectivity index (χ1n) is 21.8. The summed E-state index contributed by atoms with van der Waals surface area (Å²) in [6, 6.07) is 33.4. The average Bonchev–Trinajstić information content (AvgIpc) is 4.24. The summed E-state index contributed by atoms with van der Waals surface area (Å²) in [6.45, 7) is 7.07. The molecule has 2 aliphatic heterocycles. The number of carbonyl (C=O) groups is 2. The van der Waals surface area contributed by atoms with Crippen molar-refractivity contribution in [3.63, 3.8) is 0 Å². The maximum Gasteiger partial charge on any atom is 0.335 e. The first kappa shape index (κ1) is 45.8. The maximum absolute atomic E-state index is 13.0. The summed E-state index contributed by atoms with van der Waals surface area (Å²) in [6.07, 6.45) is 3.26. The highest BCUT2D eigenvalue weighted by atomic mass is 16.5. The number of amides is 1. The van der Waals surface area contributed by atoms with Crippen LogP contribution in [0.3, 0.4) is 0 Å². The molecule has 2 aliphatic rings. The maximum atomic E-state index is 13.0. The van der Waals surface area contributed by atoms with Crippen LogP contribution in [-0.2, 0) is 20.3 Å². The minimum Gasteiger partial charge on any atom is -0.478 e. The summed E-state index contributed by atoms with van der Waals surface area (Å²) >= 11 is 0. The van der Waals surface area contributed by atoms with Crippen LogP contribution in [0.25, 0.3) is 45.6 Å². The molecule has 6 N–H and O–H groups in total. The van der Waals surface area contributed by atoms with Gasteiger partial charge in [-0.2, -0.15) is 20.2 Å². The van der Waals surface area contributed by atoms with Gasteiger partial charge in [-0.25, -0.2) is 14.8 Å². The van der Waals surface area contributed by atoms with E-state index in [0.717, 1.165) is 73.1 Å². The third-order valence-corrected chi connectivity index (χ3v) is 11.7. The van der Waals surface area contributed by atoms with Gasteiger partial charge in [0.05, 0.1) is 11.0 Å². The second kappa shape index (κ2) is 21.0. The van der Waals surface area contributed by atoms with Crippen molar-refractivity contribution >= 4 is 11.9 Å². The number of rotatable bonds is 11. The highest BCUT2D eigenvalue weighted by molar-refractivity contribution is 5.95. The van der Waals surface area contributed by atoms with Crippen molar-refractivity contribution < 1.29 is 33.2 Å². The third kappa shape index (κ3) is 11.0. The predicted molar refractivity (Wildman–Crippen MR) is 244 cm³/mol. The lowest BCUT2D eigenvalue weighted by atomic mass is 9.79. The van der Waals surface area contributed by atoms with E-state index in [-0.39, 0.29) is 22.3 Å². The number of hydrogen-bond acceptors (Lipinski definition) is 15. The van der Waals surface area contributed by atoms with Crippen LogP contribution in [0, 0.1) is 13.8 Å². The molecule has 1 amide bonds. The minimum absolute atomic E-state index is 0.113. The fourth-order valence-electron chi connectivity index (χ4n) is 7.77. The van der Waals surface area contributed by atoms with Crippen LogP contribution in [0.5, 0.6) is 0 Å². The Hall–Kier alpha value is -7.74. The Morgan fingerprint density at radius 2 is 1.04 bits per heavy atom. The van der Waals surface area contributed by atoms with Crippen LogP contribution in [0.1, 0.15) is 69.8 Å². The van der Waals surface area contributed by atoms with Crippen LogP contribution >= 0.6 is 0 Å². The van der Waals surface area contributed by atoms with Gasteiger partial charge < -0.3 is 34.7 Å². The second-order valence-corrected chi connectivity index (χ2v) is 16.2. The van der Waals surface area contributed by atoms with Gasteiger partial charge in [-0.05, 0) is 49.9 Å². The summed E-state index contributed by atoms with van der Waals surface area (Å²) in [5.74, 6) is 3.66. The van der Waals surface area contributed by atoms with E-state index in [9.17, 15) is 9.59 Å². The van der Waals surface area contributed by atoms with Crippen molar-refractivity contribution in [3.05, 3.63) is 144 Å². The molecule has 0 aliphatic carbocycles. The summed E-state index contributed by atoms with van der Waals surface area (Å²) in [7, 11) is 0. The number of carboxylic acid groups (broad SMARTS) is 1. The van der Waals surface area contributed by atoms with E-state index in [2.05, 4.69) is 51.0 Å². The number of hydrogen-bond donors (Lipinski definition) is 5. The van der Waals surface area contributed by atoms with Crippen molar-refractivity contribution in [2.45, 2.75) is 50.4 Å². The molecule has 0 spiro atoms. The van der Waals surface area contributed by atoms with Gasteiger partial charge in [0.2, 0.25) is 23.4 Å². The van der Waals surface area contributed by atoms with Crippen molar-refractivity contribution in [1.82, 2.24) is 56.0 Å². The number of nitrogens with zero attached hydrogens (tertiary/aromatic N) is 8. The average molecular weight is 907 g/mol. The Bertz CT molecular complexity index is 2860. The number of aromatic nitrogens is 10. The van der Waals surface area contributed by atoms with Crippen molar-refractivity contribution in [1.29, 1.82) is 0 Å². The summed E-state index contributed by atoms with van der Waals surface area (Å²) < 4.78 is 20.9. The fraction of sp³-hybridized carbons (Fsp3) is 0.292. The molecule has 8 aromatic rings. The zero-order valence-corrected chi connectivity index (χ0v) is 37.0. The molecule has 0 bridgehead atoms. The lowest BCUT2D eigenvalue weighted by molar-refractivity contribution is 0.0458. The zero-order valence-electron chi connectivity index (χ0n) is 37.0. The van der Waals surface area contributed by atoms with Crippen LogP contribution in [0.15, 0.2) is 118 Å². The van der Waals surface area contributed by atoms with E-state index in [1.165, 1.54) is 12.1 Å². The standard InChI is InChI=1S/C24H24N6O3.C14H18N4O.C10H8N2O3/c1-16-26-21(30-33-16)18-8-5-9-19(14-18)22(31)25-15-24(10-12-32-13-11-24)23-27-20(28-29-23)17-6-3-2-4-7-17;15-10-14(6-8-19-9-7-14)13-16-12(17-18-13)11-4-2-1-3-5-11;1-6-11-9(12-15-6)7-3-2-4-8(5-7)10(13)14/h2-9,14H,10-13,15H2,1H3,(H,25,31)(H,27,28,29);1-5H,6-10,15H2,(H,16,17,18);2-5H,1H3,(H,13,14). The molecule has 4 aromatic heterocycles. The number of aromatic amines is 2. The van der Waals surface area contributed by atoms with E-state index >= 15 is 0 Å². The number of nitrogens with two attached hydrogens (primary N) is 1. The van der Waals surface area contributed by atoms with E-state index in [1.54, 1.807) is 38.1 Å². The Labute approximate surface area is 385 Å². The Morgan fingerprint density at radius 3 is 1.51 bits per heavy atom. The molecule has 19 heteroatoms. The molecule has 10 rings (SSSR count). The highest BCUT2D eigenvalue weighted by Gasteiger charge is 2.39. The SMILES string of the molecule is Cc1nc(-c2cccc(C(=O)NCC3(c4nc(-c5ccccc5)n[nH]4)CCOCC3)c2)no1.Cc1nc(-c2cccc(C(=O)O)c2)no1.NCC1(c2nc(-c3ccccc3)n[nH]2)CCOCC1. The lowest BCUT2D eigenvalue weighted by Gasteiger charge is -2.35. The smallest absolute Gasteiger partial charge is 0.335 e. The van der Waals surface area contributed by atoms with Gasteiger partial charge >= 0.3 is 5.97 Å². The topological polar surface area (TPSA) is 272 Å². The minimum atomic E-state index is -0.975. The molecule has 2 fully saturated rings. The van der Waals surface area contributed by atoms with Crippen LogP contribution in [0.4, 0.5) is 0 Å². The number of H-pyrrole nitrogens is 2. The number of carbonyl (C=O) groups excluding carboxylic acids is 1. The quantitative estimate of drug-likeness (QED) is 0.0923. The normalized spacial score (nSPS) is 15.0. The monoisotopic (exact) mass is 906 g/mol. The highest BCUT2D eigenvalue weighted by Crippen LogP contribution is 2.34. The molecular formula is C48H50N12O7. The Morgan fingerprint density at radius 1 is 0.597 bits per heavy atom. The van der Waals surface area contributed by atoms with Gasteiger partial charge in [-0.15, -0.1) is 0 Å². The summed E-state index contributed by atoms with van der Waals surface area (Å²) in [4.78, 5) is 41.4. The van der Waals surface area contributed by atoms with Gasteiger partial charge in [-0.3, -0.25) is 15.0 Å². The summed E-state index contributed by atoms with van der Waals surface area (Å²) in [5.41, 5.74) is 9.53. The van der Waals surface area contributed by atoms with Gasteiger partial charge in [0.15, 0.2) is 11.6 Å². The molecule has 19 nitrogen and oxygen atoms in total. The second-order valence-electron chi connectivity index (χ2n) is 16.2. The fourth-order valence-corrected chi connectivity index (χ4v) is 7.77. The Kier molecular flexibility index (Phi) is 14.4. The molecular weight excluding hydrogens is 857 g/mol. The molecule has 67 heavy (non-hydrogen) atoms. The molecule has 4 aromatic carbocycles. The number of benzene rings is 4. The van der Waals surface area contributed by atoms with Crippen LogP contribution in [-0.4, -0.2) is 107 Å². The molecule has 2 saturated heterocycles. The molecule has 0 radical (unpaired) electrons. The van der Waals surface area contributed by atoms with Gasteiger partial charge in [0.1, 0.15) is 11.6 Å². The Balaban J connectivity index is 0.000000151. The van der Waals surface area contributed by atoms with Crippen molar-refractivity contribution in [2.24, 2.45) is 5.73 Å². The molecule has 344 valence electrons. The van der Waals surface area contributed by atoms with Gasteiger partial charge in [0.25, 0.3) is 5.91 Å². The largest absolute Gasteiger partial charge is 0.478 e. The van der Waals surface area contributed by atoms with Crippen LogP contribution in [0.2, 0.25) is 0 Å². The number of ether oxygens (including phenoxy) is 2. The molecule has 0 saturated carbocycles. The molecule has 6 heterocycles. The van der Waals surface area contributed by atoms with Crippen LogP contribution < -0.4 is 11.1 Å². The summed E-state index contributed by atoms with van der Waals surface area (Å²) in [5, 5.41) is 34.5. The zero-order chi connectivity index (χ0) is 46.6. The first-order chi connectivity index (χ1) is 32.6. The van der Waals surface area contributed by atoms with Gasteiger partial charge in [0, 0.05) is 86.6 Å².